The Labute approximate surface area is 118 Å². The lowest BCUT2D eigenvalue weighted by atomic mass is 9.91. The Bertz CT molecular complexity index is 448. The highest BCUT2D eigenvalue weighted by molar-refractivity contribution is 7.08. The third-order valence-electron chi connectivity index (χ3n) is 3.32. The topological polar surface area (TPSA) is 58.1 Å². The van der Waals surface area contributed by atoms with Gasteiger partial charge in [0.15, 0.2) is 0 Å². The molecule has 1 saturated heterocycles. The standard InChI is InChI=1S/C13H22N4OS/c1-5-6-17(9-7-14-8-9)12(18)10-11(13(2,3)4)15-16-19-10/h9,14H,5-8H2,1-4H3. The first-order valence-corrected chi connectivity index (χ1v) is 7.57. The molecule has 1 fully saturated rings. The summed E-state index contributed by atoms with van der Waals surface area (Å²) in [7, 11) is 0. The van der Waals surface area contributed by atoms with E-state index in [2.05, 4.69) is 42.6 Å². The molecular formula is C13H22N4OS. The molecule has 0 unspecified atom stereocenters. The minimum Gasteiger partial charge on any atom is -0.332 e. The number of hydrogen-bond acceptors (Lipinski definition) is 5. The fraction of sp³-hybridized carbons (Fsp3) is 0.769. The Morgan fingerprint density at radius 3 is 2.63 bits per heavy atom. The molecule has 1 aromatic heterocycles. The Morgan fingerprint density at radius 1 is 1.47 bits per heavy atom. The molecule has 1 aromatic rings. The third kappa shape index (κ3) is 2.95. The molecule has 0 saturated carbocycles. The molecule has 106 valence electrons. The number of nitrogens with zero attached hydrogens (tertiary/aromatic N) is 3. The van der Waals surface area contributed by atoms with Crippen molar-refractivity contribution in [2.45, 2.75) is 45.6 Å². The van der Waals surface area contributed by atoms with Crippen LogP contribution in [-0.4, -0.2) is 46.1 Å². The van der Waals surface area contributed by atoms with E-state index < -0.39 is 0 Å². The maximum Gasteiger partial charge on any atom is 0.267 e. The van der Waals surface area contributed by atoms with Crippen molar-refractivity contribution in [3.8, 4) is 0 Å². The van der Waals surface area contributed by atoms with Crippen LogP contribution >= 0.6 is 11.5 Å². The number of nitrogens with one attached hydrogen (secondary N) is 1. The fourth-order valence-corrected chi connectivity index (χ4v) is 2.97. The summed E-state index contributed by atoms with van der Waals surface area (Å²) in [5, 5.41) is 7.38. The second-order valence-electron chi connectivity index (χ2n) is 6.01. The van der Waals surface area contributed by atoms with Crippen LogP contribution in [0.3, 0.4) is 0 Å². The van der Waals surface area contributed by atoms with Crippen molar-refractivity contribution in [2.75, 3.05) is 19.6 Å². The predicted molar refractivity (Wildman–Crippen MR) is 76.6 cm³/mol. The van der Waals surface area contributed by atoms with Crippen molar-refractivity contribution in [2.24, 2.45) is 0 Å². The van der Waals surface area contributed by atoms with Gasteiger partial charge < -0.3 is 10.2 Å². The van der Waals surface area contributed by atoms with E-state index in [9.17, 15) is 4.79 Å². The number of hydrogen-bond donors (Lipinski definition) is 1. The van der Waals surface area contributed by atoms with Crippen LogP contribution < -0.4 is 5.32 Å². The molecule has 2 heterocycles. The minimum absolute atomic E-state index is 0.0910. The summed E-state index contributed by atoms with van der Waals surface area (Å²) in [6, 6.07) is 0.322. The molecule has 6 heteroatoms. The molecule has 1 aliphatic heterocycles. The molecule has 5 nitrogen and oxygen atoms in total. The molecule has 0 spiro atoms. The Kier molecular flexibility index (Phi) is 4.20. The largest absolute Gasteiger partial charge is 0.332 e. The first-order chi connectivity index (χ1) is 8.95. The van der Waals surface area contributed by atoms with Crippen LogP contribution in [0, 0.1) is 0 Å². The zero-order chi connectivity index (χ0) is 14.0. The van der Waals surface area contributed by atoms with E-state index in [0.29, 0.717) is 10.9 Å². The Morgan fingerprint density at radius 2 is 2.16 bits per heavy atom. The second-order valence-corrected chi connectivity index (χ2v) is 6.77. The van der Waals surface area contributed by atoms with Crippen molar-refractivity contribution in [3.05, 3.63) is 10.6 Å². The molecule has 2 rings (SSSR count). The lowest BCUT2D eigenvalue weighted by Crippen LogP contribution is -2.59. The molecule has 1 N–H and O–H groups in total. The van der Waals surface area contributed by atoms with Gasteiger partial charge in [-0.2, -0.15) is 0 Å². The van der Waals surface area contributed by atoms with E-state index in [1.165, 1.54) is 11.5 Å². The number of carbonyl (C=O) groups is 1. The summed E-state index contributed by atoms with van der Waals surface area (Å²) in [4.78, 5) is 15.4. The number of carbonyl (C=O) groups excluding carboxylic acids is 1. The number of amides is 1. The van der Waals surface area contributed by atoms with Gasteiger partial charge in [-0.25, -0.2) is 0 Å². The number of aromatic nitrogens is 2. The van der Waals surface area contributed by atoms with Gasteiger partial charge in [0.05, 0.1) is 11.7 Å². The van der Waals surface area contributed by atoms with Gasteiger partial charge in [0.1, 0.15) is 4.88 Å². The highest BCUT2D eigenvalue weighted by Gasteiger charge is 2.33. The van der Waals surface area contributed by atoms with E-state index in [1.54, 1.807) is 0 Å². The Balaban J connectivity index is 2.24. The van der Waals surface area contributed by atoms with Crippen LogP contribution in [0.15, 0.2) is 0 Å². The fourth-order valence-electron chi connectivity index (χ4n) is 2.14. The predicted octanol–water partition coefficient (Wildman–Crippen LogP) is 1.66. The lowest BCUT2D eigenvalue weighted by molar-refractivity contribution is 0.0618. The molecule has 19 heavy (non-hydrogen) atoms. The molecule has 0 aromatic carbocycles. The average molecular weight is 282 g/mol. The van der Waals surface area contributed by atoms with Gasteiger partial charge in [-0.05, 0) is 18.0 Å². The monoisotopic (exact) mass is 282 g/mol. The van der Waals surface area contributed by atoms with Crippen LogP contribution in [0.1, 0.15) is 49.5 Å². The van der Waals surface area contributed by atoms with Crippen molar-refractivity contribution >= 4 is 17.4 Å². The smallest absolute Gasteiger partial charge is 0.267 e. The Hall–Kier alpha value is -1.01. The maximum absolute atomic E-state index is 12.7. The van der Waals surface area contributed by atoms with Crippen LogP contribution in [0.25, 0.3) is 0 Å². The van der Waals surface area contributed by atoms with E-state index in [0.717, 1.165) is 31.7 Å². The minimum atomic E-state index is -0.145. The molecule has 1 amide bonds. The summed E-state index contributed by atoms with van der Waals surface area (Å²) in [5.74, 6) is 0.0910. The average Bonchev–Trinajstić information content (AvgIpc) is 2.73. The summed E-state index contributed by atoms with van der Waals surface area (Å²) in [6.45, 7) is 10.9. The SMILES string of the molecule is CCCN(C(=O)c1snnc1C(C)(C)C)C1CNC1. The molecule has 0 radical (unpaired) electrons. The van der Waals surface area contributed by atoms with Crippen LogP contribution in [0.2, 0.25) is 0 Å². The first-order valence-electron chi connectivity index (χ1n) is 6.79. The van der Waals surface area contributed by atoms with Crippen molar-refractivity contribution in [1.82, 2.24) is 19.8 Å². The van der Waals surface area contributed by atoms with Gasteiger partial charge in [-0.1, -0.05) is 32.2 Å². The van der Waals surface area contributed by atoms with Crippen LogP contribution in [0.4, 0.5) is 0 Å². The van der Waals surface area contributed by atoms with Crippen molar-refractivity contribution in [3.63, 3.8) is 0 Å². The molecule has 0 atom stereocenters. The maximum atomic E-state index is 12.7. The van der Waals surface area contributed by atoms with E-state index in [-0.39, 0.29) is 11.3 Å². The van der Waals surface area contributed by atoms with Crippen molar-refractivity contribution < 1.29 is 4.79 Å². The summed E-state index contributed by atoms with van der Waals surface area (Å²) in [6.07, 6.45) is 0.972. The van der Waals surface area contributed by atoms with Crippen LogP contribution in [-0.2, 0) is 5.41 Å². The summed E-state index contributed by atoms with van der Waals surface area (Å²) >= 11 is 1.22. The molecular weight excluding hydrogens is 260 g/mol. The number of rotatable bonds is 4. The van der Waals surface area contributed by atoms with E-state index in [4.69, 9.17) is 0 Å². The van der Waals surface area contributed by atoms with E-state index >= 15 is 0 Å². The summed E-state index contributed by atoms with van der Waals surface area (Å²) in [5.41, 5.74) is 0.671. The molecule has 0 bridgehead atoms. The van der Waals surface area contributed by atoms with Gasteiger partial charge in [-0.15, -0.1) is 5.10 Å². The van der Waals surface area contributed by atoms with Gasteiger partial charge in [0.2, 0.25) is 0 Å². The van der Waals surface area contributed by atoms with Crippen LogP contribution in [0.5, 0.6) is 0 Å². The normalized spacial score (nSPS) is 16.2. The molecule has 1 aliphatic rings. The van der Waals surface area contributed by atoms with Gasteiger partial charge >= 0.3 is 0 Å². The molecule has 0 aliphatic carbocycles. The quantitative estimate of drug-likeness (QED) is 0.912. The van der Waals surface area contributed by atoms with Gasteiger partial charge in [-0.3, -0.25) is 4.79 Å². The first kappa shape index (κ1) is 14.4. The van der Waals surface area contributed by atoms with Gasteiger partial charge in [0.25, 0.3) is 5.91 Å². The zero-order valence-electron chi connectivity index (χ0n) is 12.1. The van der Waals surface area contributed by atoms with Crippen molar-refractivity contribution in [1.29, 1.82) is 0 Å². The highest BCUT2D eigenvalue weighted by atomic mass is 32.1. The highest BCUT2D eigenvalue weighted by Crippen LogP contribution is 2.27. The second kappa shape index (κ2) is 5.54. The van der Waals surface area contributed by atoms with Gasteiger partial charge in [0, 0.05) is 25.0 Å². The summed E-state index contributed by atoms with van der Waals surface area (Å²) < 4.78 is 3.98. The van der Waals surface area contributed by atoms with E-state index in [1.807, 2.05) is 4.90 Å². The third-order valence-corrected chi connectivity index (χ3v) is 4.03. The lowest BCUT2D eigenvalue weighted by Gasteiger charge is -2.38. The zero-order valence-corrected chi connectivity index (χ0v) is 12.9.